The lowest BCUT2D eigenvalue weighted by Gasteiger charge is -2.20. The van der Waals surface area contributed by atoms with Crippen LogP contribution in [-0.4, -0.2) is 9.55 Å². The van der Waals surface area contributed by atoms with E-state index in [1.54, 1.807) is 0 Å². The molecule has 5 heteroatoms. The van der Waals surface area contributed by atoms with Gasteiger partial charge in [0.15, 0.2) is 0 Å². The normalized spacial score (nSPS) is 11.8. The summed E-state index contributed by atoms with van der Waals surface area (Å²) >= 11 is 6.04. The average molecular weight is 376 g/mol. The van der Waals surface area contributed by atoms with Crippen LogP contribution in [0.3, 0.4) is 0 Å². The summed E-state index contributed by atoms with van der Waals surface area (Å²) in [5, 5.41) is 4.39. The minimum Gasteiger partial charge on any atom is -0.336 e. The zero-order valence-electron chi connectivity index (χ0n) is 14.7. The SMILES string of the molecule is Cc1ccc(CNC(c2ccc(Cl)cc2)c2nccn2C)c(C)c1.Cl. The van der Waals surface area contributed by atoms with E-state index in [-0.39, 0.29) is 18.4 Å². The largest absolute Gasteiger partial charge is 0.336 e. The van der Waals surface area contributed by atoms with E-state index in [1.165, 1.54) is 16.7 Å². The number of hydrogen-bond acceptors (Lipinski definition) is 2. The van der Waals surface area contributed by atoms with Gasteiger partial charge in [-0.25, -0.2) is 4.98 Å². The van der Waals surface area contributed by atoms with Gasteiger partial charge in [0, 0.05) is 31.0 Å². The molecular weight excluding hydrogens is 353 g/mol. The van der Waals surface area contributed by atoms with Crippen LogP contribution < -0.4 is 5.32 Å². The molecule has 132 valence electrons. The summed E-state index contributed by atoms with van der Waals surface area (Å²) in [5.74, 6) is 0.988. The molecule has 0 aliphatic rings. The fourth-order valence-corrected chi connectivity index (χ4v) is 3.05. The van der Waals surface area contributed by atoms with Gasteiger partial charge in [-0.05, 0) is 42.7 Å². The van der Waals surface area contributed by atoms with Gasteiger partial charge in [-0.2, -0.15) is 0 Å². The van der Waals surface area contributed by atoms with E-state index in [4.69, 9.17) is 11.6 Å². The minimum absolute atomic E-state index is 0. The van der Waals surface area contributed by atoms with Crippen molar-refractivity contribution in [3.05, 3.63) is 88.0 Å². The highest BCUT2D eigenvalue weighted by atomic mass is 35.5. The Hall–Kier alpha value is -1.81. The number of imidazole rings is 1. The van der Waals surface area contributed by atoms with Gasteiger partial charge in [0.2, 0.25) is 0 Å². The topological polar surface area (TPSA) is 29.9 Å². The molecule has 2 aromatic carbocycles. The second-order valence-electron chi connectivity index (χ2n) is 6.19. The number of nitrogens with one attached hydrogen (secondary N) is 1. The number of nitrogens with zero attached hydrogens (tertiary/aromatic N) is 2. The first-order chi connectivity index (χ1) is 11.5. The van der Waals surface area contributed by atoms with Crippen molar-refractivity contribution in [2.24, 2.45) is 7.05 Å². The standard InChI is InChI=1S/C20H22ClN3.ClH/c1-14-4-5-17(15(2)12-14)13-23-19(20-22-10-11-24(20)3)16-6-8-18(21)9-7-16;/h4-12,19,23H,13H2,1-3H3;1H. The van der Waals surface area contributed by atoms with Crippen molar-refractivity contribution in [1.82, 2.24) is 14.9 Å². The van der Waals surface area contributed by atoms with Crippen molar-refractivity contribution >= 4 is 24.0 Å². The van der Waals surface area contributed by atoms with Crippen molar-refractivity contribution < 1.29 is 0 Å². The van der Waals surface area contributed by atoms with Gasteiger partial charge >= 0.3 is 0 Å². The molecule has 1 unspecified atom stereocenters. The lowest BCUT2D eigenvalue weighted by Crippen LogP contribution is -2.25. The third-order valence-corrected chi connectivity index (χ3v) is 4.57. The van der Waals surface area contributed by atoms with Crippen LogP contribution in [-0.2, 0) is 13.6 Å². The van der Waals surface area contributed by atoms with Crippen LogP contribution in [0, 0.1) is 13.8 Å². The minimum atomic E-state index is 0. The predicted octanol–water partition coefficient (Wildman–Crippen LogP) is 4.99. The maximum Gasteiger partial charge on any atom is 0.130 e. The Kier molecular flexibility index (Phi) is 6.65. The lowest BCUT2D eigenvalue weighted by molar-refractivity contribution is 0.557. The number of aromatic nitrogens is 2. The maximum absolute atomic E-state index is 6.04. The Labute approximate surface area is 160 Å². The Morgan fingerprint density at radius 2 is 1.84 bits per heavy atom. The van der Waals surface area contributed by atoms with E-state index in [2.05, 4.69) is 54.5 Å². The van der Waals surface area contributed by atoms with Gasteiger partial charge in [-0.15, -0.1) is 12.4 Å². The highest BCUT2D eigenvalue weighted by Crippen LogP contribution is 2.23. The van der Waals surface area contributed by atoms with Gasteiger partial charge in [-0.1, -0.05) is 47.5 Å². The summed E-state index contributed by atoms with van der Waals surface area (Å²) in [6.45, 7) is 5.06. The highest BCUT2D eigenvalue weighted by Gasteiger charge is 2.18. The monoisotopic (exact) mass is 375 g/mol. The summed E-state index contributed by atoms with van der Waals surface area (Å²) in [4.78, 5) is 4.53. The molecule has 0 aliphatic heterocycles. The first-order valence-electron chi connectivity index (χ1n) is 8.07. The number of halogens is 2. The van der Waals surface area contributed by atoms with E-state index in [9.17, 15) is 0 Å². The molecule has 0 amide bonds. The van der Waals surface area contributed by atoms with E-state index in [0.29, 0.717) is 0 Å². The van der Waals surface area contributed by atoms with Gasteiger partial charge in [-0.3, -0.25) is 5.32 Å². The molecule has 0 aliphatic carbocycles. The number of rotatable bonds is 5. The van der Waals surface area contributed by atoms with Gasteiger partial charge < -0.3 is 4.57 Å². The third kappa shape index (κ3) is 4.63. The molecular formula is C20H23Cl2N3. The molecule has 1 aromatic heterocycles. The molecule has 0 saturated carbocycles. The molecule has 0 spiro atoms. The maximum atomic E-state index is 6.04. The predicted molar refractivity (Wildman–Crippen MR) is 107 cm³/mol. The van der Waals surface area contributed by atoms with Crippen LogP contribution in [0.1, 0.15) is 34.1 Å². The van der Waals surface area contributed by atoms with E-state index >= 15 is 0 Å². The zero-order valence-corrected chi connectivity index (χ0v) is 16.2. The zero-order chi connectivity index (χ0) is 17.1. The Morgan fingerprint density at radius 1 is 1.12 bits per heavy atom. The average Bonchev–Trinajstić information content (AvgIpc) is 2.97. The van der Waals surface area contributed by atoms with Crippen LogP contribution in [0.25, 0.3) is 0 Å². The van der Waals surface area contributed by atoms with Crippen LogP contribution in [0.15, 0.2) is 54.9 Å². The van der Waals surface area contributed by atoms with Crippen molar-refractivity contribution in [3.8, 4) is 0 Å². The summed E-state index contributed by atoms with van der Waals surface area (Å²) in [7, 11) is 2.02. The Balaban J connectivity index is 0.00000225. The molecule has 3 rings (SSSR count). The molecule has 0 bridgehead atoms. The van der Waals surface area contributed by atoms with Crippen molar-refractivity contribution in [2.45, 2.75) is 26.4 Å². The third-order valence-electron chi connectivity index (χ3n) is 4.31. The second-order valence-corrected chi connectivity index (χ2v) is 6.63. The summed E-state index contributed by atoms with van der Waals surface area (Å²) < 4.78 is 2.05. The Bertz CT molecular complexity index is 825. The summed E-state index contributed by atoms with van der Waals surface area (Å²) in [6.07, 6.45) is 3.80. The van der Waals surface area contributed by atoms with Gasteiger partial charge in [0.05, 0.1) is 6.04 Å². The van der Waals surface area contributed by atoms with Crippen LogP contribution in [0.4, 0.5) is 0 Å². The fraction of sp³-hybridized carbons (Fsp3) is 0.250. The van der Waals surface area contributed by atoms with E-state index in [1.807, 2.05) is 36.1 Å². The smallest absolute Gasteiger partial charge is 0.130 e. The molecule has 3 nitrogen and oxygen atoms in total. The van der Waals surface area contributed by atoms with Crippen LogP contribution >= 0.6 is 24.0 Å². The molecule has 1 heterocycles. The fourth-order valence-electron chi connectivity index (χ4n) is 2.92. The first kappa shape index (κ1) is 19.5. The molecule has 1 atom stereocenters. The molecule has 1 N–H and O–H groups in total. The number of aryl methyl sites for hydroxylation is 3. The summed E-state index contributed by atoms with van der Waals surface area (Å²) in [5.41, 5.74) is 5.04. The van der Waals surface area contributed by atoms with Crippen molar-refractivity contribution in [3.63, 3.8) is 0 Å². The molecule has 0 radical (unpaired) electrons. The number of benzene rings is 2. The second kappa shape index (κ2) is 8.52. The van der Waals surface area contributed by atoms with Crippen molar-refractivity contribution in [2.75, 3.05) is 0 Å². The van der Waals surface area contributed by atoms with E-state index < -0.39 is 0 Å². The van der Waals surface area contributed by atoms with Crippen molar-refractivity contribution in [1.29, 1.82) is 0 Å². The van der Waals surface area contributed by atoms with Crippen LogP contribution in [0.5, 0.6) is 0 Å². The molecule has 25 heavy (non-hydrogen) atoms. The molecule has 0 fully saturated rings. The van der Waals surface area contributed by atoms with Gasteiger partial charge in [0.1, 0.15) is 5.82 Å². The van der Waals surface area contributed by atoms with Gasteiger partial charge in [0.25, 0.3) is 0 Å². The number of hydrogen-bond donors (Lipinski definition) is 1. The first-order valence-corrected chi connectivity index (χ1v) is 8.44. The summed E-state index contributed by atoms with van der Waals surface area (Å²) in [6, 6.07) is 14.5. The Morgan fingerprint density at radius 3 is 2.44 bits per heavy atom. The lowest BCUT2D eigenvalue weighted by atomic mass is 10.0. The van der Waals surface area contributed by atoms with Crippen LogP contribution in [0.2, 0.25) is 5.02 Å². The van der Waals surface area contributed by atoms with E-state index in [0.717, 1.165) is 23.0 Å². The highest BCUT2D eigenvalue weighted by molar-refractivity contribution is 6.30. The molecule has 0 saturated heterocycles. The molecule has 3 aromatic rings. The quantitative estimate of drug-likeness (QED) is 0.680.